The maximum absolute atomic E-state index is 12.1. The lowest BCUT2D eigenvalue weighted by molar-refractivity contribution is -0.384. The molecule has 6 nitrogen and oxygen atoms in total. The Morgan fingerprint density at radius 1 is 1.45 bits per heavy atom. The van der Waals surface area contributed by atoms with Gasteiger partial charge in [0, 0.05) is 17.6 Å². The number of amides is 1. The van der Waals surface area contributed by atoms with Crippen molar-refractivity contribution in [1.82, 2.24) is 4.57 Å². The van der Waals surface area contributed by atoms with Crippen LogP contribution < -0.4 is 5.32 Å². The van der Waals surface area contributed by atoms with E-state index in [0.29, 0.717) is 10.7 Å². The molecule has 0 radical (unpaired) electrons. The summed E-state index contributed by atoms with van der Waals surface area (Å²) in [5.74, 6) is -0.472. The van der Waals surface area contributed by atoms with E-state index in [0.717, 1.165) is 4.47 Å². The van der Waals surface area contributed by atoms with E-state index < -0.39 is 10.8 Å². The Bertz CT molecular complexity index is 699. The van der Waals surface area contributed by atoms with Crippen LogP contribution >= 0.6 is 27.5 Å². The van der Waals surface area contributed by atoms with Gasteiger partial charge >= 0.3 is 0 Å². The summed E-state index contributed by atoms with van der Waals surface area (Å²) in [6, 6.07) is 6.23. The number of carbonyl (C=O) groups excluding carboxylic acids is 1. The van der Waals surface area contributed by atoms with Crippen molar-refractivity contribution in [3.8, 4) is 0 Å². The highest BCUT2D eigenvalue weighted by Crippen LogP contribution is 2.26. The number of nitrogens with one attached hydrogen (secondary N) is 1. The van der Waals surface area contributed by atoms with Gasteiger partial charge in [0.25, 0.3) is 11.6 Å². The summed E-state index contributed by atoms with van der Waals surface area (Å²) in [5.41, 5.74) is 0.459. The third kappa shape index (κ3) is 3.00. The predicted octanol–water partition coefficient (Wildman–Crippen LogP) is 3.60. The molecule has 0 fully saturated rings. The second-order valence-electron chi connectivity index (χ2n) is 4.03. The summed E-state index contributed by atoms with van der Waals surface area (Å²) in [4.78, 5) is 22.2. The number of hydrogen-bond donors (Lipinski definition) is 1. The van der Waals surface area contributed by atoms with Crippen molar-refractivity contribution >= 4 is 44.8 Å². The first kappa shape index (κ1) is 14.5. The van der Waals surface area contributed by atoms with Crippen LogP contribution in [0.15, 0.2) is 34.9 Å². The van der Waals surface area contributed by atoms with E-state index in [4.69, 9.17) is 11.6 Å². The minimum Gasteiger partial charge on any atom is -0.340 e. The number of carbonyl (C=O) groups is 1. The van der Waals surface area contributed by atoms with E-state index >= 15 is 0 Å². The molecular weight excluding hydrogens is 350 g/mol. The Labute approximate surface area is 127 Å². The van der Waals surface area contributed by atoms with Crippen LogP contribution in [0, 0.1) is 10.1 Å². The molecule has 0 aliphatic rings. The Balaban J connectivity index is 2.28. The second-order valence-corrected chi connectivity index (χ2v) is 5.35. The first-order valence-corrected chi connectivity index (χ1v) is 6.62. The largest absolute Gasteiger partial charge is 0.340 e. The van der Waals surface area contributed by atoms with Crippen LogP contribution in [0.5, 0.6) is 0 Å². The van der Waals surface area contributed by atoms with Gasteiger partial charge in [-0.25, -0.2) is 0 Å². The topological polar surface area (TPSA) is 77.2 Å². The third-order valence-electron chi connectivity index (χ3n) is 2.61. The average molecular weight is 359 g/mol. The molecule has 2 aromatic rings. The van der Waals surface area contributed by atoms with Gasteiger partial charge < -0.3 is 9.88 Å². The van der Waals surface area contributed by atoms with Crippen molar-refractivity contribution in [1.29, 1.82) is 0 Å². The molecule has 0 unspecified atom stereocenters. The molecule has 0 spiro atoms. The second kappa shape index (κ2) is 5.64. The first-order chi connectivity index (χ1) is 9.38. The fourth-order valence-corrected chi connectivity index (χ4v) is 2.18. The molecule has 0 saturated carbocycles. The summed E-state index contributed by atoms with van der Waals surface area (Å²) >= 11 is 9.25. The Morgan fingerprint density at radius 3 is 2.75 bits per heavy atom. The lowest BCUT2D eigenvalue weighted by atomic mass is 10.3. The van der Waals surface area contributed by atoms with E-state index in [-0.39, 0.29) is 11.4 Å². The third-order valence-corrected chi connectivity index (χ3v) is 3.43. The van der Waals surface area contributed by atoms with Gasteiger partial charge in [-0.15, -0.1) is 0 Å². The minimum absolute atomic E-state index is 0.141. The fraction of sp³-hybridized carbons (Fsp3) is 0.0833. The van der Waals surface area contributed by atoms with Crippen molar-refractivity contribution in [3.05, 3.63) is 55.8 Å². The monoisotopic (exact) mass is 357 g/mol. The number of nitro groups is 1. The molecule has 1 aromatic carbocycles. The highest BCUT2D eigenvalue weighted by atomic mass is 79.9. The van der Waals surface area contributed by atoms with E-state index in [1.165, 1.54) is 16.8 Å². The number of aryl methyl sites for hydroxylation is 1. The number of benzene rings is 1. The lowest BCUT2D eigenvalue weighted by Crippen LogP contribution is -2.15. The molecule has 1 amide bonds. The maximum atomic E-state index is 12.1. The number of aromatic nitrogens is 1. The van der Waals surface area contributed by atoms with E-state index in [1.54, 1.807) is 25.2 Å². The molecule has 1 N–H and O–H groups in total. The summed E-state index contributed by atoms with van der Waals surface area (Å²) in [6.45, 7) is 0. The van der Waals surface area contributed by atoms with Crippen molar-refractivity contribution in [2.45, 2.75) is 0 Å². The van der Waals surface area contributed by atoms with Crippen LogP contribution in [0.25, 0.3) is 0 Å². The van der Waals surface area contributed by atoms with Gasteiger partial charge in [-0.2, -0.15) is 0 Å². The summed E-state index contributed by atoms with van der Waals surface area (Å²) < 4.78 is 2.15. The summed E-state index contributed by atoms with van der Waals surface area (Å²) in [5, 5.41) is 13.7. The van der Waals surface area contributed by atoms with Gasteiger partial charge in [-0.3, -0.25) is 14.9 Å². The van der Waals surface area contributed by atoms with Crippen molar-refractivity contribution in [2.24, 2.45) is 7.05 Å². The molecule has 0 aliphatic heterocycles. The normalized spacial score (nSPS) is 10.3. The zero-order valence-electron chi connectivity index (χ0n) is 10.3. The molecular formula is C12H9BrClN3O3. The Kier molecular flexibility index (Phi) is 4.10. The Hall–Kier alpha value is -1.86. The van der Waals surface area contributed by atoms with Crippen LogP contribution in [0.1, 0.15) is 10.5 Å². The van der Waals surface area contributed by atoms with Gasteiger partial charge in [-0.05, 0) is 18.2 Å². The first-order valence-electron chi connectivity index (χ1n) is 5.45. The van der Waals surface area contributed by atoms with Gasteiger partial charge in [-0.1, -0.05) is 27.5 Å². The molecule has 0 bridgehead atoms. The molecule has 1 heterocycles. The SMILES string of the molecule is Cn1cc([N+](=O)[O-])cc1C(=O)Nc1cc(Br)ccc1Cl. The quantitative estimate of drug-likeness (QED) is 0.672. The van der Waals surface area contributed by atoms with E-state index in [9.17, 15) is 14.9 Å². The van der Waals surface area contributed by atoms with Crippen molar-refractivity contribution in [2.75, 3.05) is 5.32 Å². The van der Waals surface area contributed by atoms with Gasteiger partial charge in [0.2, 0.25) is 0 Å². The molecule has 1 aromatic heterocycles. The smallest absolute Gasteiger partial charge is 0.287 e. The van der Waals surface area contributed by atoms with Crippen molar-refractivity contribution < 1.29 is 9.72 Å². The predicted molar refractivity (Wildman–Crippen MR) is 79.2 cm³/mol. The number of anilines is 1. The molecule has 2 rings (SSSR count). The zero-order chi connectivity index (χ0) is 14.9. The summed E-state index contributed by atoms with van der Waals surface area (Å²) in [6.07, 6.45) is 1.28. The molecule has 0 atom stereocenters. The van der Waals surface area contributed by atoms with Crippen LogP contribution in [0.2, 0.25) is 5.02 Å². The van der Waals surface area contributed by atoms with Crippen LogP contribution in [-0.2, 0) is 7.05 Å². The maximum Gasteiger partial charge on any atom is 0.287 e. The zero-order valence-corrected chi connectivity index (χ0v) is 12.6. The Morgan fingerprint density at radius 2 is 2.15 bits per heavy atom. The van der Waals surface area contributed by atoms with Gasteiger partial charge in [0.1, 0.15) is 5.69 Å². The molecule has 20 heavy (non-hydrogen) atoms. The lowest BCUT2D eigenvalue weighted by Gasteiger charge is -2.08. The summed E-state index contributed by atoms with van der Waals surface area (Å²) in [7, 11) is 1.56. The minimum atomic E-state index is -0.553. The van der Waals surface area contributed by atoms with E-state index in [1.807, 2.05) is 0 Å². The molecule has 104 valence electrons. The molecule has 8 heteroatoms. The highest BCUT2D eigenvalue weighted by molar-refractivity contribution is 9.10. The van der Waals surface area contributed by atoms with Crippen LogP contribution in [0.4, 0.5) is 11.4 Å². The fourth-order valence-electron chi connectivity index (χ4n) is 1.65. The number of rotatable bonds is 3. The highest BCUT2D eigenvalue weighted by Gasteiger charge is 2.18. The van der Waals surface area contributed by atoms with Gasteiger partial charge in [0.15, 0.2) is 0 Å². The number of halogens is 2. The average Bonchev–Trinajstić information content (AvgIpc) is 2.76. The van der Waals surface area contributed by atoms with Gasteiger partial charge in [0.05, 0.1) is 21.8 Å². The number of hydrogen-bond acceptors (Lipinski definition) is 3. The van der Waals surface area contributed by atoms with E-state index in [2.05, 4.69) is 21.2 Å². The van der Waals surface area contributed by atoms with Crippen molar-refractivity contribution in [3.63, 3.8) is 0 Å². The standard InChI is InChI=1S/C12H9BrClN3O3/c1-16-6-8(17(19)20)5-11(16)12(18)15-10-4-7(13)2-3-9(10)14/h2-6H,1H3,(H,15,18). The van der Waals surface area contributed by atoms with Crippen LogP contribution in [0.3, 0.4) is 0 Å². The van der Waals surface area contributed by atoms with Crippen LogP contribution in [-0.4, -0.2) is 15.4 Å². The molecule has 0 saturated heterocycles. The molecule has 0 aliphatic carbocycles. The number of nitrogens with zero attached hydrogens (tertiary/aromatic N) is 2.